The van der Waals surface area contributed by atoms with Gasteiger partial charge in [0.15, 0.2) is 0 Å². The number of halogens is 2. The van der Waals surface area contributed by atoms with E-state index in [9.17, 15) is 4.79 Å². The number of amides is 1. The van der Waals surface area contributed by atoms with Gasteiger partial charge in [-0.2, -0.15) is 0 Å². The number of benzene rings is 2. The molecule has 2 aromatic carbocycles. The zero-order chi connectivity index (χ0) is 17.3. The van der Waals surface area contributed by atoms with Gasteiger partial charge in [0.05, 0.1) is 10.0 Å². The number of fused-ring (bicyclic) bond motifs is 1. The van der Waals surface area contributed by atoms with E-state index in [-0.39, 0.29) is 18.4 Å². The van der Waals surface area contributed by atoms with Crippen molar-refractivity contribution in [2.24, 2.45) is 5.73 Å². The Morgan fingerprint density at radius 3 is 2.58 bits per heavy atom. The molecule has 2 atom stereocenters. The number of hydrogen-bond donors (Lipinski definition) is 2. The second kappa shape index (κ2) is 6.91. The fourth-order valence-electron chi connectivity index (χ4n) is 3.37. The molecule has 0 fully saturated rings. The highest BCUT2D eigenvalue weighted by atomic mass is 35.5. The van der Waals surface area contributed by atoms with Crippen LogP contribution in [0.3, 0.4) is 0 Å². The third kappa shape index (κ3) is 3.45. The monoisotopic (exact) mass is 364 g/mol. The van der Waals surface area contributed by atoms with Gasteiger partial charge in [-0.3, -0.25) is 0 Å². The molecule has 3 rings (SSSR count). The zero-order valence-corrected chi connectivity index (χ0v) is 14.5. The van der Waals surface area contributed by atoms with Gasteiger partial charge in [0.25, 0.3) is 0 Å². The number of primary amides is 1. The molecule has 4 N–H and O–H groups in total. The van der Waals surface area contributed by atoms with Gasteiger partial charge >= 0.3 is 6.09 Å². The van der Waals surface area contributed by atoms with E-state index in [1.54, 1.807) is 0 Å². The van der Waals surface area contributed by atoms with Gasteiger partial charge in [-0.1, -0.05) is 35.3 Å². The lowest BCUT2D eigenvalue weighted by Crippen LogP contribution is -2.23. The van der Waals surface area contributed by atoms with E-state index in [4.69, 9.17) is 39.4 Å². The van der Waals surface area contributed by atoms with Crippen LogP contribution in [0.2, 0.25) is 10.0 Å². The average Bonchev–Trinajstić information content (AvgIpc) is 2.55. The average molecular weight is 365 g/mol. The van der Waals surface area contributed by atoms with Crippen molar-refractivity contribution in [2.75, 3.05) is 12.3 Å². The molecule has 6 heteroatoms. The number of rotatable bonds is 3. The predicted molar refractivity (Wildman–Crippen MR) is 96.7 cm³/mol. The Morgan fingerprint density at radius 1 is 1.08 bits per heavy atom. The van der Waals surface area contributed by atoms with Crippen LogP contribution in [-0.2, 0) is 4.74 Å². The molecule has 0 heterocycles. The summed E-state index contributed by atoms with van der Waals surface area (Å²) in [7, 11) is 0. The van der Waals surface area contributed by atoms with E-state index in [0.717, 1.165) is 24.0 Å². The van der Waals surface area contributed by atoms with E-state index >= 15 is 0 Å². The number of hydrogen-bond acceptors (Lipinski definition) is 3. The summed E-state index contributed by atoms with van der Waals surface area (Å²) in [5.74, 6) is 0.301. The molecule has 1 amide bonds. The summed E-state index contributed by atoms with van der Waals surface area (Å²) in [5, 5.41) is 1.09. The molecule has 1 aliphatic rings. The summed E-state index contributed by atoms with van der Waals surface area (Å²) in [6, 6.07) is 11.6. The topological polar surface area (TPSA) is 78.3 Å². The highest BCUT2D eigenvalue weighted by Crippen LogP contribution is 2.44. The van der Waals surface area contributed by atoms with Crippen LogP contribution in [-0.4, -0.2) is 12.7 Å². The molecule has 2 aromatic rings. The van der Waals surface area contributed by atoms with Crippen LogP contribution in [0.1, 0.15) is 41.4 Å². The molecule has 1 aliphatic carbocycles. The summed E-state index contributed by atoms with van der Waals surface area (Å²) in [4.78, 5) is 10.9. The smallest absolute Gasteiger partial charge is 0.404 e. The number of nitrogen functional groups attached to an aromatic ring is 1. The van der Waals surface area contributed by atoms with Crippen LogP contribution in [0.25, 0.3) is 0 Å². The molecule has 0 bridgehead atoms. The van der Waals surface area contributed by atoms with Crippen LogP contribution in [0.5, 0.6) is 0 Å². The van der Waals surface area contributed by atoms with Gasteiger partial charge in [-0.25, -0.2) is 4.79 Å². The lowest BCUT2D eigenvalue weighted by Gasteiger charge is -2.32. The predicted octanol–water partition coefficient (Wildman–Crippen LogP) is 4.68. The van der Waals surface area contributed by atoms with Crippen molar-refractivity contribution in [3.05, 3.63) is 63.1 Å². The minimum Gasteiger partial charge on any atom is -0.449 e. The van der Waals surface area contributed by atoms with Crippen LogP contribution in [0, 0.1) is 0 Å². The zero-order valence-electron chi connectivity index (χ0n) is 13.0. The molecule has 0 aliphatic heterocycles. The third-order valence-electron chi connectivity index (χ3n) is 4.50. The maximum absolute atomic E-state index is 10.9. The highest BCUT2D eigenvalue weighted by Gasteiger charge is 2.29. The van der Waals surface area contributed by atoms with Crippen LogP contribution in [0.4, 0.5) is 10.5 Å². The Labute approximate surface area is 150 Å². The van der Waals surface area contributed by atoms with Gasteiger partial charge in [0.2, 0.25) is 0 Å². The summed E-state index contributed by atoms with van der Waals surface area (Å²) in [6.07, 6.45) is 1.03. The molecular formula is C18H18Cl2N2O2. The lowest BCUT2D eigenvalue weighted by molar-refractivity contribution is 0.145. The number of ether oxygens (including phenoxy) is 1. The molecule has 0 saturated heterocycles. The third-order valence-corrected chi connectivity index (χ3v) is 5.24. The molecule has 0 radical (unpaired) electrons. The van der Waals surface area contributed by atoms with Crippen molar-refractivity contribution in [1.82, 2.24) is 0 Å². The van der Waals surface area contributed by atoms with E-state index in [0.29, 0.717) is 15.7 Å². The first-order chi connectivity index (χ1) is 11.5. The Hall–Kier alpha value is -1.91. The minimum atomic E-state index is -0.757. The maximum Gasteiger partial charge on any atom is 0.404 e. The van der Waals surface area contributed by atoms with Crippen molar-refractivity contribution < 1.29 is 9.53 Å². The van der Waals surface area contributed by atoms with Crippen LogP contribution >= 0.6 is 23.2 Å². The Bertz CT molecular complexity index is 780. The standard InChI is InChI=1S/C18H18Cl2N2O2/c19-16-6-2-10(7-17(16)20)13-4-1-11(9-24-18(22)23)15-8-12(21)3-5-14(13)15/h2-3,5-8,11,13H,1,4,9,21H2,(H2,22,23)/t11-,13+/m1/s1. The molecule has 0 aromatic heterocycles. The maximum atomic E-state index is 10.9. The van der Waals surface area contributed by atoms with Gasteiger partial charge in [-0.05, 0) is 53.8 Å². The Balaban J connectivity index is 1.97. The van der Waals surface area contributed by atoms with E-state index < -0.39 is 6.09 Å². The molecule has 24 heavy (non-hydrogen) atoms. The molecular weight excluding hydrogens is 347 g/mol. The van der Waals surface area contributed by atoms with E-state index in [2.05, 4.69) is 0 Å². The number of anilines is 1. The first-order valence-corrected chi connectivity index (χ1v) is 8.48. The molecule has 4 nitrogen and oxygen atoms in total. The Kier molecular flexibility index (Phi) is 4.88. The quantitative estimate of drug-likeness (QED) is 0.775. The second-order valence-corrected chi connectivity index (χ2v) is 6.83. The largest absolute Gasteiger partial charge is 0.449 e. The molecule has 0 unspecified atom stereocenters. The van der Waals surface area contributed by atoms with Crippen LogP contribution in [0.15, 0.2) is 36.4 Å². The van der Waals surface area contributed by atoms with Gasteiger partial charge in [0, 0.05) is 17.5 Å². The SMILES string of the molecule is NC(=O)OC[C@H]1CC[C@@H](c2ccc(Cl)c(Cl)c2)c2ccc(N)cc21. The van der Waals surface area contributed by atoms with Crippen molar-refractivity contribution in [2.45, 2.75) is 24.7 Å². The van der Waals surface area contributed by atoms with Gasteiger partial charge < -0.3 is 16.2 Å². The van der Waals surface area contributed by atoms with Crippen molar-refractivity contribution in [3.63, 3.8) is 0 Å². The van der Waals surface area contributed by atoms with E-state index in [1.165, 1.54) is 5.56 Å². The second-order valence-electron chi connectivity index (χ2n) is 6.02. The highest BCUT2D eigenvalue weighted by molar-refractivity contribution is 6.42. The minimum absolute atomic E-state index is 0.0926. The summed E-state index contributed by atoms with van der Waals surface area (Å²) < 4.78 is 5.01. The van der Waals surface area contributed by atoms with Gasteiger partial charge in [-0.15, -0.1) is 0 Å². The Morgan fingerprint density at radius 2 is 1.88 bits per heavy atom. The first kappa shape index (κ1) is 16.9. The number of carbonyl (C=O) groups is 1. The molecule has 0 spiro atoms. The van der Waals surface area contributed by atoms with Crippen molar-refractivity contribution in [1.29, 1.82) is 0 Å². The normalized spacial score (nSPS) is 19.6. The van der Waals surface area contributed by atoms with Crippen LogP contribution < -0.4 is 11.5 Å². The summed E-state index contributed by atoms with van der Waals surface area (Å²) >= 11 is 12.2. The summed E-state index contributed by atoms with van der Waals surface area (Å²) in [5.41, 5.74) is 15.1. The van der Waals surface area contributed by atoms with Crippen molar-refractivity contribution in [3.8, 4) is 0 Å². The van der Waals surface area contributed by atoms with Crippen molar-refractivity contribution >= 4 is 35.0 Å². The number of nitrogens with two attached hydrogens (primary N) is 2. The fraction of sp³-hybridized carbons (Fsp3) is 0.278. The van der Waals surface area contributed by atoms with Gasteiger partial charge in [0.1, 0.15) is 6.61 Å². The molecule has 126 valence electrons. The fourth-order valence-corrected chi connectivity index (χ4v) is 3.68. The first-order valence-electron chi connectivity index (χ1n) is 7.72. The number of carbonyl (C=O) groups excluding carboxylic acids is 1. The lowest BCUT2D eigenvalue weighted by atomic mass is 9.74. The molecule has 0 saturated carbocycles. The summed E-state index contributed by atoms with van der Waals surface area (Å²) in [6.45, 7) is 0.264. The van der Waals surface area contributed by atoms with E-state index in [1.807, 2.05) is 36.4 Å².